The van der Waals surface area contributed by atoms with Gasteiger partial charge in [-0.25, -0.2) is 4.39 Å². The number of benzene rings is 2. The van der Waals surface area contributed by atoms with Crippen molar-refractivity contribution < 1.29 is 9.18 Å². The molecule has 0 fully saturated rings. The van der Waals surface area contributed by atoms with Crippen molar-refractivity contribution in [1.82, 2.24) is 0 Å². The molecule has 0 spiro atoms. The van der Waals surface area contributed by atoms with Crippen molar-refractivity contribution in [2.45, 2.75) is 0 Å². The van der Waals surface area contributed by atoms with E-state index in [1.54, 1.807) is 24.3 Å². The zero-order chi connectivity index (χ0) is 14.7. The lowest BCUT2D eigenvalue weighted by Crippen LogP contribution is -2.18. The summed E-state index contributed by atoms with van der Waals surface area (Å²) in [6.07, 6.45) is 0. The molecule has 0 aliphatic heterocycles. The van der Waals surface area contributed by atoms with E-state index >= 15 is 0 Å². The van der Waals surface area contributed by atoms with Crippen molar-refractivity contribution in [3.05, 3.63) is 63.9 Å². The van der Waals surface area contributed by atoms with E-state index < -0.39 is 11.7 Å². The summed E-state index contributed by atoms with van der Waals surface area (Å²) in [7, 11) is 0. The molecular weight excluding hydrogens is 343 g/mol. The van der Waals surface area contributed by atoms with Gasteiger partial charge in [-0.15, -0.1) is 0 Å². The fourth-order valence-electron chi connectivity index (χ4n) is 1.67. The Labute approximate surface area is 129 Å². The molecule has 2 aromatic carbocycles. The van der Waals surface area contributed by atoms with E-state index in [9.17, 15) is 9.18 Å². The lowest BCUT2D eigenvalue weighted by atomic mass is 10.1. The van der Waals surface area contributed by atoms with Crippen LogP contribution in [0.25, 0.3) is 0 Å². The molecule has 2 rings (SSSR count). The van der Waals surface area contributed by atoms with Gasteiger partial charge in [0.05, 0.1) is 11.3 Å². The number of halogens is 2. The van der Waals surface area contributed by atoms with Gasteiger partial charge in [0.1, 0.15) is 10.8 Å². The van der Waals surface area contributed by atoms with Gasteiger partial charge < -0.3 is 11.1 Å². The minimum absolute atomic E-state index is 0.0582. The third kappa shape index (κ3) is 3.20. The summed E-state index contributed by atoms with van der Waals surface area (Å²) in [5.41, 5.74) is 6.51. The third-order valence-electron chi connectivity index (χ3n) is 2.61. The first kappa shape index (κ1) is 14.6. The molecule has 0 aliphatic rings. The zero-order valence-corrected chi connectivity index (χ0v) is 12.6. The Morgan fingerprint density at radius 2 is 1.90 bits per heavy atom. The van der Waals surface area contributed by atoms with E-state index in [4.69, 9.17) is 18.0 Å². The number of amides is 1. The number of nitrogens with one attached hydrogen (secondary N) is 1. The highest BCUT2D eigenvalue weighted by Gasteiger charge is 2.14. The highest BCUT2D eigenvalue weighted by Crippen LogP contribution is 2.19. The van der Waals surface area contributed by atoms with Crippen molar-refractivity contribution in [2.75, 3.05) is 5.32 Å². The van der Waals surface area contributed by atoms with Gasteiger partial charge in [0.25, 0.3) is 5.91 Å². The molecule has 0 unspecified atom stereocenters. The second-order valence-electron chi connectivity index (χ2n) is 3.99. The van der Waals surface area contributed by atoms with Gasteiger partial charge in [-0.05, 0) is 30.3 Å². The van der Waals surface area contributed by atoms with E-state index in [2.05, 4.69) is 21.2 Å². The van der Waals surface area contributed by atoms with Crippen LogP contribution in [0.2, 0.25) is 0 Å². The number of carbonyl (C=O) groups excluding carboxylic acids is 1. The third-order valence-corrected chi connectivity index (χ3v) is 3.33. The quantitative estimate of drug-likeness (QED) is 0.831. The monoisotopic (exact) mass is 352 g/mol. The first-order chi connectivity index (χ1) is 9.49. The van der Waals surface area contributed by atoms with Gasteiger partial charge in [-0.1, -0.05) is 40.3 Å². The summed E-state index contributed by atoms with van der Waals surface area (Å²) >= 11 is 8.11. The Morgan fingerprint density at radius 3 is 2.60 bits per heavy atom. The molecule has 3 N–H and O–H groups in total. The molecule has 102 valence electrons. The number of para-hydroxylation sites is 1. The molecule has 0 heterocycles. The fraction of sp³-hybridized carbons (Fsp3) is 0. The maximum Gasteiger partial charge on any atom is 0.258 e. The molecule has 6 heteroatoms. The van der Waals surface area contributed by atoms with Gasteiger partial charge in [0.2, 0.25) is 0 Å². The van der Waals surface area contributed by atoms with E-state index in [-0.39, 0.29) is 10.6 Å². The van der Waals surface area contributed by atoms with Gasteiger partial charge in [0.15, 0.2) is 0 Å². The molecule has 0 bridgehead atoms. The molecule has 2 aromatic rings. The van der Waals surface area contributed by atoms with Crippen LogP contribution < -0.4 is 11.1 Å². The number of anilines is 1. The first-order valence-corrected chi connectivity index (χ1v) is 6.84. The maximum atomic E-state index is 13.6. The minimum atomic E-state index is -0.599. The summed E-state index contributed by atoms with van der Waals surface area (Å²) in [6.45, 7) is 0. The van der Waals surface area contributed by atoms with Crippen LogP contribution >= 0.6 is 28.1 Å². The summed E-state index contributed by atoms with van der Waals surface area (Å²) in [5.74, 6) is -1.16. The number of hydrogen-bond donors (Lipinski definition) is 2. The van der Waals surface area contributed by atoms with Crippen LogP contribution in [0.5, 0.6) is 0 Å². The van der Waals surface area contributed by atoms with Crippen LogP contribution in [-0.4, -0.2) is 10.9 Å². The SMILES string of the molecule is NC(=S)c1ccccc1NC(=O)c1cc(Br)ccc1F. The number of hydrogen-bond acceptors (Lipinski definition) is 2. The Bertz CT molecular complexity index is 691. The Kier molecular flexibility index (Phi) is 4.46. The van der Waals surface area contributed by atoms with E-state index in [1.165, 1.54) is 18.2 Å². The van der Waals surface area contributed by atoms with Gasteiger partial charge in [-0.3, -0.25) is 4.79 Å². The van der Waals surface area contributed by atoms with Crippen LogP contribution in [0.4, 0.5) is 10.1 Å². The average Bonchev–Trinajstić information content (AvgIpc) is 2.41. The van der Waals surface area contributed by atoms with Gasteiger partial charge in [0, 0.05) is 10.0 Å². The average molecular weight is 353 g/mol. The fourth-order valence-corrected chi connectivity index (χ4v) is 2.21. The van der Waals surface area contributed by atoms with Crippen LogP contribution in [0.15, 0.2) is 46.9 Å². The number of thiocarbonyl (C=S) groups is 1. The summed E-state index contributed by atoms with van der Waals surface area (Å²) in [5, 5.41) is 2.61. The van der Waals surface area contributed by atoms with Crippen molar-refractivity contribution in [1.29, 1.82) is 0 Å². The number of carbonyl (C=O) groups is 1. The molecular formula is C14H10BrFN2OS. The predicted molar refractivity (Wildman–Crippen MR) is 84.4 cm³/mol. The van der Waals surface area contributed by atoms with E-state index in [1.807, 2.05) is 0 Å². The summed E-state index contributed by atoms with van der Waals surface area (Å²) in [4.78, 5) is 12.3. The Hall–Kier alpha value is -1.79. The molecule has 0 aromatic heterocycles. The lowest BCUT2D eigenvalue weighted by molar-refractivity contribution is 0.102. The van der Waals surface area contributed by atoms with Crippen molar-refractivity contribution >= 4 is 44.7 Å². The number of nitrogens with two attached hydrogens (primary N) is 1. The molecule has 0 aliphatic carbocycles. The summed E-state index contributed by atoms with van der Waals surface area (Å²) in [6, 6.07) is 11.0. The predicted octanol–water partition coefficient (Wildman–Crippen LogP) is 3.47. The first-order valence-electron chi connectivity index (χ1n) is 5.64. The van der Waals surface area contributed by atoms with Crippen molar-refractivity contribution in [3.63, 3.8) is 0 Å². The van der Waals surface area contributed by atoms with Crippen LogP contribution in [-0.2, 0) is 0 Å². The molecule has 0 saturated heterocycles. The Morgan fingerprint density at radius 1 is 1.20 bits per heavy atom. The topological polar surface area (TPSA) is 55.1 Å². The largest absolute Gasteiger partial charge is 0.389 e. The highest BCUT2D eigenvalue weighted by atomic mass is 79.9. The normalized spacial score (nSPS) is 10.1. The molecule has 20 heavy (non-hydrogen) atoms. The molecule has 0 radical (unpaired) electrons. The van der Waals surface area contributed by atoms with E-state index in [0.29, 0.717) is 15.7 Å². The number of rotatable bonds is 3. The standard InChI is InChI=1S/C14H10BrFN2OS/c15-8-5-6-11(16)10(7-8)14(19)18-12-4-2-1-3-9(12)13(17)20/h1-7H,(H2,17,20)(H,18,19). The Balaban J connectivity index is 2.33. The molecule has 1 amide bonds. The van der Waals surface area contributed by atoms with Crippen molar-refractivity contribution in [3.8, 4) is 0 Å². The van der Waals surface area contributed by atoms with Crippen molar-refractivity contribution in [2.24, 2.45) is 5.73 Å². The minimum Gasteiger partial charge on any atom is -0.389 e. The van der Waals surface area contributed by atoms with Crippen LogP contribution in [0, 0.1) is 5.82 Å². The second-order valence-corrected chi connectivity index (χ2v) is 5.34. The highest BCUT2D eigenvalue weighted by molar-refractivity contribution is 9.10. The van der Waals surface area contributed by atoms with Gasteiger partial charge >= 0.3 is 0 Å². The second kappa shape index (κ2) is 6.11. The van der Waals surface area contributed by atoms with Gasteiger partial charge in [-0.2, -0.15) is 0 Å². The molecule has 3 nitrogen and oxygen atoms in total. The molecule has 0 atom stereocenters. The lowest BCUT2D eigenvalue weighted by Gasteiger charge is -2.10. The van der Waals surface area contributed by atoms with Crippen LogP contribution in [0.3, 0.4) is 0 Å². The maximum absolute atomic E-state index is 13.6. The van der Waals surface area contributed by atoms with Crippen LogP contribution in [0.1, 0.15) is 15.9 Å². The zero-order valence-electron chi connectivity index (χ0n) is 10.2. The van der Waals surface area contributed by atoms with E-state index in [0.717, 1.165) is 0 Å². The smallest absolute Gasteiger partial charge is 0.258 e. The molecule has 0 saturated carbocycles. The summed E-state index contributed by atoms with van der Waals surface area (Å²) < 4.78 is 14.3.